The molecule has 0 fully saturated rings. The summed E-state index contributed by atoms with van der Waals surface area (Å²) in [5.41, 5.74) is 4.77. The number of halogens is 1. The second-order valence-corrected chi connectivity index (χ2v) is 9.19. The summed E-state index contributed by atoms with van der Waals surface area (Å²) in [6.45, 7) is 6.48. The molecule has 7 heteroatoms. The maximum absolute atomic E-state index is 13.5. The summed E-state index contributed by atoms with van der Waals surface area (Å²) in [4.78, 5) is 14.6. The summed E-state index contributed by atoms with van der Waals surface area (Å²) in [7, 11) is 0. The van der Waals surface area contributed by atoms with Crippen molar-refractivity contribution in [1.29, 1.82) is 0 Å². The number of hydrogen-bond donors (Lipinski definition) is 1. The van der Waals surface area contributed by atoms with Crippen LogP contribution in [0.4, 0.5) is 0 Å². The summed E-state index contributed by atoms with van der Waals surface area (Å²) in [6.07, 6.45) is 2.04. The highest BCUT2D eigenvalue weighted by Crippen LogP contribution is 2.24. The minimum absolute atomic E-state index is 0.00860. The zero-order valence-electron chi connectivity index (χ0n) is 18.6. The number of benzene rings is 2. The number of pyridine rings is 1. The predicted molar refractivity (Wildman–Crippen MR) is 134 cm³/mol. The van der Waals surface area contributed by atoms with E-state index >= 15 is 0 Å². The minimum Gasteiger partial charge on any atom is -0.311 e. The van der Waals surface area contributed by atoms with Gasteiger partial charge in [-0.25, -0.2) is 0 Å². The molecule has 2 aromatic carbocycles. The van der Waals surface area contributed by atoms with Gasteiger partial charge in [-0.3, -0.25) is 9.48 Å². The van der Waals surface area contributed by atoms with Crippen LogP contribution in [0.15, 0.2) is 64.3 Å². The predicted octanol–water partition coefficient (Wildman–Crippen LogP) is 5.03. The van der Waals surface area contributed by atoms with E-state index in [4.69, 9.17) is 11.6 Å². The van der Waals surface area contributed by atoms with E-state index in [2.05, 4.69) is 41.6 Å². The lowest BCUT2D eigenvalue weighted by atomic mass is 10.1. The maximum atomic E-state index is 13.5. The van der Waals surface area contributed by atoms with Gasteiger partial charge in [0.1, 0.15) is 0 Å². The van der Waals surface area contributed by atoms with Crippen LogP contribution in [-0.4, -0.2) is 27.1 Å². The number of fused-ring (bicyclic) bond motifs is 1. The van der Waals surface area contributed by atoms with Gasteiger partial charge in [0.25, 0.3) is 5.56 Å². The van der Waals surface area contributed by atoms with E-state index in [-0.39, 0.29) is 5.56 Å². The molecular formula is C25H27ClN4OS. The highest BCUT2D eigenvalue weighted by molar-refractivity contribution is 7.98. The molecule has 5 nitrogen and oxygen atoms in total. The zero-order valence-corrected chi connectivity index (χ0v) is 20.1. The minimum atomic E-state index is 0.00860. The summed E-state index contributed by atoms with van der Waals surface area (Å²) in [5.74, 6) is 0. The largest absolute Gasteiger partial charge is 0.311 e. The maximum Gasteiger partial charge on any atom is 0.255 e. The Hall–Kier alpha value is -2.54. The molecule has 0 saturated carbocycles. The van der Waals surface area contributed by atoms with E-state index < -0.39 is 0 Å². The van der Waals surface area contributed by atoms with Crippen molar-refractivity contribution in [1.82, 2.24) is 19.7 Å². The number of hydrogen-bond acceptors (Lipinski definition) is 4. The third-order valence-corrected chi connectivity index (χ3v) is 6.68. The van der Waals surface area contributed by atoms with Gasteiger partial charge in [0.2, 0.25) is 0 Å². The Balaban J connectivity index is 1.62. The molecule has 0 aliphatic carbocycles. The number of rotatable bonds is 8. The van der Waals surface area contributed by atoms with Crippen LogP contribution in [0.25, 0.3) is 10.9 Å². The van der Waals surface area contributed by atoms with E-state index in [1.807, 2.05) is 52.8 Å². The zero-order chi connectivity index (χ0) is 22.7. The van der Waals surface area contributed by atoms with E-state index in [1.54, 1.807) is 11.8 Å². The molecule has 4 aromatic rings. The monoisotopic (exact) mass is 466 g/mol. The van der Waals surface area contributed by atoms with Crippen LogP contribution in [-0.2, 0) is 19.6 Å². The molecule has 0 amide bonds. The summed E-state index contributed by atoms with van der Waals surface area (Å²) in [6, 6.07) is 18.0. The Morgan fingerprint density at radius 2 is 1.88 bits per heavy atom. The Morgan fingerprint density at radius 1 is 1.06 bits per heavy atom. The fraction of sp³-hybridized carbons (Fsp3) is 0.280. The van der Waals surface area contributed by atoms with Crippen LogP contribution >= 0.6 is 23.4 Å². The lowest BCUT2D eigenvalue weighted by Gasteiger charge is -2.15. The van der Waals surface area contributed by atoms with Crippen molar-refractivity contribution >= 4 is 34.3 Å². The van der Waals surface area contributed by atoms with Crippen LogP contribution in [0.1, 0.15) is 22.5 Å². The molecule has 32 heavy (non-hydrogen) atoms. The summed E-state index contributed by atoms with van der Waals surface area (Å²) in [5, 5.41) is 9.62. The Labute approximate surface area is 197 Å². The third kappa shape index (κ3) is 4.93. The van der Waals surface area contributed by atoms with Gasteiger partial charge in [0.15, 0.2) is 0 Å². The molecule has 0 spiro atoms. The van der Waals surface area contributed by atoms with Gasteiger partial charge in [0.05, 0.1) is 24.3 Å². The second-order valence-electron chi connectivity index (χ2n) is 7.90. The molecule has 2 aromatic heterocycles. The smallest absolute Gasteiger partial charge is 0.255 e. The van der Waals surface area contributed by atoms with Crippen LogP contribution < -0.4 is 10.9 Å². The van der Waals surface area contributed by atoms with Gasteiger partial charge in [-0.1, -0.05) is 35.9 Å². The van der Waals surface area contributed by atoms with E-state index in [9.17, 15) is 4.79 Å². The molecule has 0 aliphatic heterocycles. The normalized spacial score (nSPS) is 11.4. The van der Waals surface area contributed by atoms with E-state index in [1.165, 1.54) is 0 Å². The topological polar surface area (TPSA) is 51.9 Å². The van der Waals surface area contributed by atoms with E-state index in [0.717, 1.165) is 51.4 Å². The first-order valence-electron chi connectivity index (χ1n) is 10.6. The fourth-order valence-corrected chi connectivity index (χ4v) is 4.56. The highest BCUT2D eigenvalue weighted by Gasteiger charge is 2.12. The first kappa shape index (κ1) is 22.6. The van der Waals surface area contributed by atoms with Crippen molar-refractivity contribution in [3.05, 3.63) is 92.5 Å². The van der Waals surface area contributed by atoms with Crippen LogP contribution in [0, 0.1) is 13.8 Å². The lowest BCUT2D eigenvalue weighted by Crippen LogP contribution is -2.29. The number of thioether (sulfide) groups is 1. The molecule has 0 bridgehead atoms. The molecule has 166 valence electrons. The number of aromatic nitrogens is 3. The van der Waals surface area contributed by atoms with Crippen LogP contribution in [0.2, 0.25) is 5.02 Å². The van der Waals surface area contributed by atoms with Gasteiger partial charge in [-0.2, -0.15) is 5.10 Å². The molecule has 0 aliphatic rings. The first-order chi connectivity index (χ1) is 15.5. The highest BCUT2D eigenvalue weighted by atomic mass is 35.5. The standard InChI is InChI=1S/C25H27ClN4OS/c1-17-12-18(2)30(28-17)11-10-27-15-21-13-19-8-9-22(32-3)14-24(19)29(25(21)31)16-20-6-4-5-7-23(20)26/h4-9,12-14,27H,10-11,15-16H2,1-3H3. The average Bonchev–Trinajstić information content (AvgIpc) is 3.11. The van der Waals surface area contributed by atoms with Crippen LogP contribution in [0.3, 0.4) is 0 Å². The fourth-order valence-electron chi connectivity index (χ4n) is 3.93. The first-order valence-corrected chi connectivity index (χ1v) is 12.2. The SMILES string of the molecule is CSc1ccc2cc(CNCCn3nc(C)cc3C)c(=O)n(Cc3ccccc3Cl)c2c1. The Kier molecular flexibility index (Phi) is 7.04. The molecule has 0 saturated heterocycles. The average molecular weight is 467 g/mol. The number of nitrogens with one attached hydrogen (secondary N) is 1. The van der Waals surface area contributed by atoms with Gasteiger partial charge in [0, 0.05) is 34.3 Å². The molecule has 2 heterocycles. The van der Waals surface area contributed by atoms with Crippen molar-refractivity contribution in [2.45, 2.75) is 38.4 Å². The molecular weight excluding hydrogens is 440 g/mol. The van der Waals surface area contributed by atoms with Crippen molar-refractivity contribution in [2.24, 2.45) is 0 Å². The van der Waals surface area contributed by atoms with Crippen molar-refractivity contribution in [3.8, 4) is 0 Å². The molecule has 0 unspecified atom stereocenters. The third-order valence-electron chi connectivity index (χ3n) is 5.58. The van der Waals surface area contributed by atoms with Gasteiger partial charge < -0.3 is 9.88 Å². The van der Waals surface area contributed by atoms with E-state index in [0.29, 0.717) is 18.1 Å². The lowest BCUT2D eigenvalue weighted by molar-refractivity contribution is 0.540. The molecule has 1 N–H and O–H groups in total. The Bertz CT molecular complexity index is 1310. The summed E-state index contributed by atoms with van der Waals surface area (Å²) < 4.78 is 3.83. The molecule has 4 rings (SSSR count). The van der Waals surface area contributed by atoms with Crippen molar-refractivity contribution < 1.29 is 0 Å². The van der Waals surface area contributed by atoms with Gasteiger partial charge in [-0.05, 0) is 61.4 Å². The van der Waals surface area contributed by atoms with Crippen molar-refractivity contribution in [2.75, 3.05) is 12.8 Å². The molecule has 0 atom stereocenters. The molecule has 0 radical (unpaired) electrons. The second kappa shape index (κ2) is 9.94. The van der Waals surface area contributed by atoms with Crippen molar-refractivity contribution in [3.63, 3.8) is 0 Å². The van der Waals surface area contributed by atoms with Crippen LogP contribution in [0.5, 0.6) is 0 Å². The van der Waals surface area contributed by atoms with Gasteiger partial charge >= 0.3 is 0 Å². The van der Waals surface area contributed by atoms with Gasteiger partial charge in [-0.15, -0.1) is 11.8 Å². The quantitative estimate of drug-likeness (QED) is 0.292. The Morgan fingerprint density at radius 3 is 2.59 bits per heavy atom. The number of aryl methyl sites for hydroxylation is 2. The summed E-state index contributed by atoms with van der Waals surface area (Å²) >= 11 is 8.08. The number of nitrogens with zero attached hydrogens (tertiary/aromatic N) is 3.